The fourth-order valence-corrected chi connectivity index (χ4v) is 3.89. The third kappa shape index (κ3) is 5.27. The van der Waals surface area contributed by atoms with Crippen LogP contribution in [0.1, 0.15) is 5.56 Å². The summed E-state index contributed by atoms with van der Waals surface area (Å²) in [5.41, 5.74) is 2.02. The van der Waals surface area contributed by atoms with Gasteiger partial charge in [0.1, 0.15) is 6.54 Å². The number of aromatic nitrogens is 2. The van der Waals surface area contributed by atoms with Gasteiger partial charge in [-0.25, -0.2) is 18.5 Å². The molecule has 148 valence electrons. The molecular formula is C17H16F2N4O3S2. The number of sulfonamides is 1. The molecule has 1 heterocycles. The van der Waals surface area contributed by atoms with Gasteiger partial charge in [-0.2, -0.15) is 8.78 Å². The number of rotatable bonds is 7. The van der Waals surface area contributed by atoms with E-state index in [1.807, 2.05) is 0 Å². The fraction of sp³-hybridized carbons (Fsp3) is 0.176. The second kappa shape index (κ2) is 8.25. The summed E-state index contributed by atoms with van der Waals surface area (Å²) in [5.74, 6) is -3.40. The molecule has 0 atom stereocenters. The molecule has 28 heavy (non-hydrogen) atoms. The number of imidazole rings is 1. The van der Waals surface area contributed by atoms with Gasteiger partial charge in [0.2, 0.25) is 15.9 Å². The van der Waals surface area contributed by atoms with E-state index in [1.54, 1.807) is 36.4 Å². The highest BCUT2D eigenvalue weighted by molar-refractivity contribution is 7.99. The largest absolute Gasteiger partial charge is 0.325 e. The van der Waals surface area contributed by atoms with E-state index in [0.717, 1.165) is 0 Å². The smallest absolute Gasteiger partial charge is 0.291 e. The van der Waals surface area contributed by atoms with E-state index in [0.29, 0.717) is 22.3 Å². The molecule has 0 radical (unpaired) electrons. The second-order valence-electron chi connectivity index (χ2n) is 5.90. The molecule has 1 amide bonds. The Morgan fingerprint density at radius 1 is 1.18 bits per heavy atom. The summed E-state index contributed by atoms with van der Waals surface area (Å²) in [4.78, 5) is 16.6. The van der Waals surface area contributed by atoms with Crippen molar-refractivity contribution in [1.29, 1.82) is 0 Å². The van der Waals surface area contributed by atoms with Gasteiger partial charge >= 0.3 is 0 Å². The Balaban J connectivity index is 1.76. The van der Waals surface area contributed by atoms with Gasteiger partial charge in [-0.15, -0.1) is 0 Å². The lowest BCUT2D eigenvalue weighted by molar-refractivity contribution is -0.116. The number of benzene rings is 2. The van der Waals surface area contributed by atoms with Gasteiger partial charge in [0, 0.05) is 5.69 Å². The number of hydrogen-bond acceptors (Lipinski definition) is 5. The van der Waals surface area contributed by atoms with Gasteiger partial charge in [-0.05, 0) is 41.6 Å². The fourth-order valence-electron chi connectivity index (χ4n) is 2.64. The number of alkyl halides is 2. The maximum Gasteiger partial charge on any atom is 0.291 e. The normalized spacial score (nSPS) is 11.9. The van der Waals surface area contributed by atoms with E-state index in [1.165, 1.54) is 16.7 Å². The number of nitrogens with one attached hydrogen (secondary N) is 1. The molecule has 0 saturated carbocycles. The van der Waals surface area contributed by atoms with Gasteiger partial charge in [0.25, 0.3) is 5.76 Å². The second-order valence-corrected chi connectivity index (χ2v) is 8.47. The Bertz CT molecular complexity index is 1100. The Morgan fingerprint density at radius 2 is 1.86 bits per heavy atom. The first-order valence-electron chi connectivity index (χ1n) is 8.00. The zero-order chi connectivity index (χ0) is 20.3. The topological polar surface area (TPSA) is 107 Å². The first-order valence-corrected chi connectivity index (χ1v) is 10.6. The van der Waals surface area contributed by atoms with E-state index < -0.39 is 21.7 Å². The molecule has 0 aliphatic heterocycles. The number of halogens is 2. The Labute approximate surface area is 164 Å². The number of nitrogens with zero attached hydrogens (tertiary/aromatic N) is 2. The summed E-state index contributed by atoms with van der Waals surface area (Å²) in [6.07, 6.45) is 0. The molecule has 3 rings (SSSR count). The Morgan fingerprint density at radius 3 is 2.50 bits per heavy atom. The summed E-state index contributed by atoms with van der Waals surface area (Å²) < 4.78 is 49.3. The number of amides is 1. The molecular weight excluding hydrogens is 410 g/mol. The highest BCUT2D eigenvalue weighted by atomic mass is 32.2. The predicted molar refractivity (Wildman–Crippen MR) is 103 cm³/mol. The van der Waals surface area contributed by atoms with Crippen LogP contribution < -0.4 is 10.5 Å². The minimum absolute atomic E-state index is 0.0508. The summed E-state index contributed by atoms with van der Waals surface area (Å²) >= 11 is 0.276. The van der Waals surface area contributed by atoms with E-state index in [2.05, 4.69) is 10.3 Å². The zero-order valence-corrected chi connectivity index (χ0v) is 16.0. The molecule has 0 aliphatic rings. The van der Waals surface area contributed by atoms with Crippen LogP contribution in [-0.2, 0) is 27.1 Å². The van der Waals surface area contributed by atoms with Crippen LogP contribution in [0.15, 0.2) is 53.7 Å². The molecule has 0 fully saturated rings. The molecule has 0 aliphatic carbocycles. The monoisotopic (exact) mass is 426 g/mol. The number of anilines is 1. The lowest BCUT2D eigenvalue weighted by Gasteiger charge is -2.10. The number of nitrogens with two attached hydrogens (primary N) is 1. The Kier molecular flexibility index (Phi) is 5.96. The quantitative estimate of drug-likeness (QED) is 0.565. The van der Waals surface area contributed by atoms with Crippen molar-refractivity contribution in [2.24, 2.45) is 5.14 Å². The summed E-state index contributed by atoms with van der Waals surface area (Å²) in [6.45, 7) is -0.200. The van der Waals surface area contributed by atoms with Crippen molar-refractivity contribution >= 4 is 44.4 Å². The van der Waals surface area contributed by atoms with Crippen LogP contribution >= 0.6 is 11.8 Å². The van der Waals surface area contributed by atoms with Crippen LogP contribution in [0.4, 0.5) is 14.5 Å². The number of carbonyl (C=O) groups excluding carboxylic acids is 1. The van der Waals surface area contributed by atoms with E-state index in [4.69, 9.17) is 5.14 Å². The molecule has 3 N–H and O–H groups in total. The van der Waals surface area contributed by atoms with Crippen molar-refractivity contribution < 1.29 is 22.0 Å². The SMILES string of the molecule is NS(=O)(=O)Cc1ccc(NC(=O)Cn2c(SC(F)F)nc3ccccc32)cc1. The van der Waals surface area contributed by atoms with Crippen LogP contribution in [-0.4, -0.2) is 29.6 Å². The Hall–Kier alpha value is -2.50. The lowest BCUT2D eigenvalue weighted by Crippen LogP contribution is -2.19. The van der Waals surface area contributed by atoms with Crippen molar-refractivity contribution in [2.45, 2.75) is 23.2 Å². The minimum Gasteiger partial charge on any atom is -0.325 e. The van der Waals surface area contributed by atoms with Gasteiger partial charge in [-0.1, -0.05) is 24.3 Å². The van der Waals surface area contributed by atoms with Crippen LogP contribution in [0.3, 0.4) is 0 Å². The summed E-state index contributed by atoms with van der Waals surface area (Å²) in [6, 6.07) is 13.0. The van der Waals surface area contributed by atoms with Gasteiger partial charge in [0.15, 0.2) is 5.16 Å². The third-order valence-corrected chi connectivity index (χ3v) is 5.16. The third-order valence-electron chi connectivity index (χ3n) is 3.72. The van der Waals surface area contributed by atoms with Gasteiger partial charge < -0.3 is 9.88 Å². The average molecular weight is 426 g/mol. The molecule has 11 heteroatoms. The summed E-state index contributed by atoms with van der Waals surface area (Å²) in [5, 5.41) is 7.70. The first kappa shape index (κ1) is 20.2. The van der Waals surface area contributed by atoms with Crippen LogP contribution in [0.25, 0.3) is 11.0 Å². The molecule has 1 aromatic heterocycles. The maximum absolute atomic E-state index is 12.8. The van der Waals surface area contributed by atoms with E-state index >= 15 is 0 Å². The average Bonchev–Trinajstić information content (AvgIpc) is 2.92. The predicted octanol–water partition coefficient (Wildman–Crippen LogP) is 2.78. The number of primary sulfonamides is 1. The highest BCUT2D eigenvalue weighted by Crippen LogP contribution is 2.28. The molecule has 7 nitrogen and oxygen atoms in total. The van der Waals surface area contributed by atoms with E-state index in [9.17, 15) is 22.0 Å². The molecule has 2 aromatic carbocycles. The molecule has 3 aromatic rings. The first-order chi connectivity index (χ1) is 13.2. The molecule has 0 bridgehead atoms. The lowest BCUT2D eigenvalue weighted by atomic mass is 10.2. The van der Waals surface area contributed by atoms with E-state index in [-0.39, 0.29) is 29.2 Å². The van der Waals surface area contributed by atoms with Crippen LogP contribution in [0.2, 0.25) is 0 Å². The number of fused-ring (bicyclic) bond motifs is 1. The maximum atomic E-state index is 12.8. The zero-order valence-electron chi connectivity index (χ0n) is 14.4. The van der Waals surface area contributed by atoms with Crippen LogP contribution in [0.5, 0.6) is 0 Å². The number of hydrogen-bond donors (Lipinski definition) is 2. The molecule has 0 spiro atoms. The summed E-state index contributed by atoms with van der Waals surface area (Å²) in [7, 11) is -3.64. The van der Waals surface area contributed by atoms with Crippen LogP contribution in [0, 0.1) is 0 Å². The van der Waals surface area contributed by atoms with Crippen molar-refractivity contribution in [3.8, 4) is 0 Å². The molecule has 0 saturated heterocycles. The van der Waals surface area contributed by atoms with Crippen molar-refractivity contribution in [3.63, 3.8) is 0 Å². The number of thioether (sulfide) groups is 1. The van der Waals surface area contributed by atoms with Crippen molar-refractivity contribution in [1.82, 2.24) is 9.55 Å². The molecule has 0 unspecified atom stereocenters. The highest BCUT2D eigenvalue weighted by Gasteiger charge is 2.18. The van der Waals surface area contributed by atoms with Gasteiger partial charge in [-0.3, -0.25) is 4.79 Å². The number of para-hydroxylation sites is 2. The van der Waals surface area contributed by atoms with Crippen molar-refractivity contribution in [2.75, 3.05) is 5.32 Å². The number of carbonyl (C=O) groups is 1. The standard InChI is InChI=1S/C17H16F2N4O3S2/c18-16(19)27-17-22-13-3-1-2-4-14(13)23(17)9-15(24)21-12-7-5-11(6-8-12)10-28(20,25)26/h1-8,16H,9-10H2,(H,21,24)(H2,20,25,26). The van der Waals surface area contributed by atoms with Gasteiger partial charge in [0.05, 0.1) is 16.8 Å². The minimum atomic E-state index is -3.64. The van der Waals surface area contributed by atoms with Crippen molar-refractivity contribution in [3.05, 3.63) is 54.1 Å².